The van der Waals surface area contributed by atoms with Gasteiger partial charge in [0.2, 0.25) is 0 Å². The summed E-state index contributed by atoms with van der Waals surface area (Å²) in [4.78, 5) is 10.4. The lowest BCUT2D eigenvalue weighted by Crippen LogP contribution is -2.42. The fourth-order valence-electron chi connectivity index (χ4n) is 2.19. The number of alkyl halides is 1. The molecule has 1 aliphatic heterocycles. The van der Waals surface area contributed by atoms with E-state index in [1.807, 2.05) is 19.3 Å². The molecule has 1 aliphatic rings. The van der Waals surface area contributed by atoms with E-state index in [9.17, 15) is 4.39 Å². The van der Waals surface area contributed by atoms with Crippen LogP contribution in [0.3, 0.4) is 0 Å². The van der Waals surface area contributed by atoms with Crippen LogP contribution in [0.25, 0.3) is 0 Å². The van der Waals surface area contributed by atoms with Crippen LogP contribution in [0.5, 0.6) is 0 Å². The van der Waals surface area contributed by atoms with Crippen molar-refractivity contribution in [2.24, 2.45) is 0 Å². The van der Waals surface area contributed by atoms with Crippen molar-refractivity contribution in [3.8, 4) is 0 Å². The van der Waals surface area contributed by atoms with Gasteiger partial charge in [-0.05, 0) is 33.2 Å². The monoisotopic (exact) mass is 223 g/mol. The number of halogens is 1. The van der Waals surface area contributed by atoms with E-state index >= 15 is 0 Å². The first kappa shape index (κ1) is 11.5. The van der Waals surface area contributed by atoms with Crippen molar-refractivity contribution < 1.29 is 4.39 Å². The van der Waals surface area contributed by atoms with Gasteiger partial charge in [-0.3, -0.25) is 4.90 Å². The fourth-order valence-corrected chi connectivity index (χ4v) is 2.19. The molecule has 0 spiro atoms. The molecule has 0 aromatic carbocycles. The third-order valence-electron chi connectivity index (χ3n) is 2.97. The standard InChI is InChI=1S/C12H18FN3/c1-10-14-6-11(7-15-10)8-16-5-3-4-12(2,13)9-16/h6-7H,3-5,8-9H2,1-2H3. The summed E-state index contributed by atoms with van der Waals surface area (Å²) < 4.78 is 13.8. The highest BCUT2D eigenvalue weighted by Crippen LogP contribution is 2.25. The molecule has 1 aromatic heterocycles. The number of aromatic nitrogens is 2. The van der Waals surface area contributed by atoms with Gasteiger partial charge in [0.15, 0.2) is 0 Å². The maximum absolute atomic E-state index is 13.8. The first-order valence-corrected chi connectivity index (χ1v) is 5.74. The number of hydrogen-bond donors (Lipinski definition) is 0. The maximum Gasteiger partial charge on any atom is 0.125 e. The highest BCUT2D eigenvalue weighted by molar-refractivity contribution is 5.05. The third kappa shape index (κ3) is 2.98. The van der Waals surface area contributed by atoms with Gasteiger partial charge in [0.05, 0.1) is 0 Å². The predicted molar refractivity (Wildman–Crippen MR) is 60.8 cm³/mol. The lowest BCUT2D eigenvalue weighted by molar-refractivity contribution is 0.0562. The first-order chi connectivity index (χ1) is 7.55. The summed E-state index contributed by atoms with van der Waals surface area (Å²) in [6.45, 7) is 5.78. The molecule has 0 bridgehead atoms. The fraction of sp³-hybridized carbons (Fsp3) is 0.667. The number of hydrogen-bond acceptors (Lipinski definition) is 3. The van der Waals surface area contributed by atoms with Gasteiger partial charge in [0, 0.05) is 31.0 Å². The van der Waals surface area contributed by atoms with Crippen LogP contribution in [0.15, 0.2) is 12.4 Å². The summed E-state index contributed by atoms with van der Waals surface area (Å²) in [5.74, 6) is 0.776. The van der Waals surface area contributed by atoms with Gasteiger partial charge in [0.25, 0.3) is 0 Å². The quantitative estimate of drug-likeness (QED) is 0.769. The number of aryl methyl sites for hydroxylation is 1. The Morgan fingerprint density at radius 3 is 2.75 bits per heavy atom. The summed E-state index contributed by atoms with van der Waals surface area (Å²) in [6, 6.07) is 0. The van der Waals surface area contributed by atoms with Crippen LogP contribution in [-0.2, 0) is 6.54 Å². The Balaban J connectivity index is 1.97. The minimum Gasteiger partial charge on any atom is -0.296 e. The molecule has 0 amide bonds. The second-order valence-corrected chi connectivity index (χ2v) is 4.87. The molecule has 2 heterocycles. The lowest BCUT2D eigenvalue weighted by Gasteiger charge is -2.34. The van der Waals surface area contributed by atoms with Crippen molar-refractivity contribution in [1.82, 2.24) is 14.9 Å². The molecular formula is C12H18FN3. The van der Waals surface area contributed by atoms with Crippen LogP contribution in [0, 0.1) is 6.92 Å². The molecule has 1 unspecified atom stereocenters. The number of piperidine rings is 1. The number of nitrogens with zero attached hydrogens (tertiary/aromatic N) is 3. The summed E-state index contributed by atoms with van der Waals surface area (Å²) >= 11 is 0. The molecule has 3 nitrogen and oxygen atoms in total. The average molecular weight is 223 g/mol. The molecule has 88 valence electrons. The zero-order valence-corrected chi connectivity index (χ0v) is 9.91. The molecule has 0 N–H and O–H groups in total. The number of rotatable bonds is 2. The zero-order chi connectivity index (χ0) is 11.6. The smallest absolute Gasteiger partial charge is 0.125 e. The normalized spacial score (nSPS) is 26.9. The molecule has 0 saturated carbocycles. The molecular weight excluding hydrogens is 205 g/mol. The summed E-state index contributed by atoms with van der Waals surface area (Å²) in [5, 5.41) is 0. The van der Waals surface area contributed by atoms with E-state index in [0.29, 0.717) is 13.0 Å². The van der Waals surface area contributed by atoms with E-state index < -0.39 is 5.67 Å². The van der Waals surface area contributed by atoms with E-state index in [2.05, 4.69) is 14.9 Å². The van der Waals surface area contributed by atoms with E-state index in [-0.39, 0.29) is 0 Å². The van der Waals surface area contributed by atoms with E-state index in [4.69, 9.17) is 0 Å². The van der Waals surface area contributed by atoms with Crippen molar-refractivity contribution in [3.63, 3.8) is 0 Å². The molecule has 1 atom stereocenters. The molecule has 1 aromatic rings. The van der Waals surface area contributed by atoms with Crippen molar-refractivity contribution >= 4 is 0 Å². The van der Waals surface area contributed by atoms with Crippen molar-refractivity contribution in [3.05, 3.63) is 23.8 Å². The van der Waals surface area contributed by atoms with Gasteiger partial charge in [-0.25, -0.2) is 14.4 Å². The molecule has 16 heavy (non-hydrogen) atoms. The van der Waals surface area contributed by atoms with Gasteiger partial charge >= 0.3 is 0 Å². The molecule has 2 rings (SSSR count). The summed E-state index contributed by atoms with van der Waals surface area (Å²) in [5.41, 5.74) is 0.0207. The summed E-state index contributed by atoms with van der Waals surface area (Å²) in [6.07, 6.45) is 5.26. The predicted octanol–water partition coefficient (Wildman–Crippen LogP) is 2.11. The molecule has 1 saturated heterocycles. The zero-order valence-electron chi connectivity index (χ0n) is 9.91. The number of likely N-dealkylation sites (tertiary alicyclic amines) is 1. The van der Waals surface area contributed by atoms with Crippen LogP contribution in [-0.4, -0.2) is 33.6 Å². The van der Waals surface area contributed by atoms with Gasteiger partial charge in [0.1, 0.15) is 11.5 Å². The average Bonchev–Trinajstić information content (AvgIpc) is 2.20. The topological polar surface area (TPSA) is 29.0 Å². The highest BCUT2D eigenvalue weighted by atomic mass is 19.1. The minimum absolute atomic E-state index is 0.515. The van der Waals surface area contributed by atoms with Gasteiger partial charge in [-0.1, -0.05) is 0 Å². The second kappa shape index (κ2) is 4.45. The Kier molecular flexibility index (Phi) is 3.19. The minimum atomic E-state index is -1.04. The Hall–Kier alpha value is -1.03. The van der Waals surface area contributed by atoms with Crippen molar-refractivity contribution in [2.45, 2.75) is 38.9 Å². The van der Waals surface area contributed by atoms with Gasteiger partial charge < -0.3 is 0 Å². The van der Waals surface area contributed by atoms with E-state index in [1.165, 1.54) is 0 Å². The van der Waals surface area contributed by atoms with Crippen LogP contribution < -0.4 is 0 Å². The van der Waals surface area contributed by atoms with Crippen LogP contribution in [0.1, 0.15) is 31.2 Å². The Morgan fingerprint density at radius 2 is 2.12 bits per heavy atom. The molecule has 4 heteroatoms. The third-order valence-corrected chi connectivity index (χ3v) is 2.97. The summed E-state index contributed by atoms with van der Waals surface area (Å²) in [7, 11) is 0. The Bertz CT molecular complexity index is 348. The van der Waals surface area contributed by atoms with Crippen LogP contribution in [0.2, 0.25) is 0 Å². The first-order valence-electron chi connectivity index (χ1n) is 5.74. The second-order valence-electron chi connectivity index (χ2n) is 4.87. The van der Waals surface area contributed by atoms with Gasteiger partial charge in [-0.2, -0.15) is 0 Å². The molecule has 1 fully saturated rings. The van der Waals surface area contributed by atoms with Crippen molar-refractivity contribution in [2.75, 3.05) is 13.1 Å². The van der Waals surface area contributed by atoms with E-state index in [0.717, 1.165) is 30.9 Å². The van der Waals surface area contributed by atoms with Crippen LogP contribution >= 0.6 is 0 Å². The van der Waals surface area contributed by atoms with Crippen molar-refractivity contribution in [1.29, 1.82) is 0 Å². The molecule has 0 radical (unpaired) electrons. The Labute approximate surface area is 95.7 Å². The highest BCUT2D eigenvalue weighted by Gasteiger charge is 2.30. The Morgan fingerprint density at radius 1 is 1.44 bits per heavy atom. The van der Waals surface area contributed by atoms with Gasteiger partial charge in [-0.15, -0.1) is 0 Å². The maximum atomic E-state index is 13.8. The lowest BCUT2D eigenvalue weighted by atomic mass is 9.97. The molecule has 0 aliphatic carbocycles. The largest absolute Gasteiger partial charge is 0.296 e. The SMILES string of the molecule is Cc1ncc(CN2CCCC(C)(F)C2)cn1. The van der Waals surface area contributed by atoms with E-state index in [1.54, 1.807) is 6.92 Å². The van der Waals surface area contributed by atoms with Crippen LogP contribution in [0.4, 0.5) is 4.39 Å².